The molecule has 3 aromatic heterocycles. The summed E-state index contributed by atoms with van der Waals surface area (Å²) >= 11 is 1.75. The Morgan fingerprint density at radius 1 is 1.14 bits per heavy atom. The van der Waals surface area contributed by atoms with Gasteiger partial charge in [0.05, 0.1) is 29.0 Å². The Hall–Kier alpha value is -2.93. The van der Waals surface area contributed by atoms with Crippen molar-refractivity contribution in [3.63, 3.8) is 0 Å². The summed E-state index contributed by atoms with van der Waals surface area (Å²) in [5.74, 6) is 1.90. The molecule has 5 heterocycles. The van der Waals surface area contributed by atoms with Crippen LogP contribution in [0.2, 0.25) is 0 Å². The van der Waals surface area contributed by atoms with Crippen LogP contribution < -0.4 is 10.2 Å². The molecular weight excluding hydrogens is 480 g/mol. The second-order valence-electron chi connectivity index (χ2n) is 9.12. The first-order chi connectivity index (χ1) is 17.4. The van der Waals surface area contributed by atoms with Crippen LogP contribution in [0, 0.1) is 6.92 Å². The molecule has 2 N–H and O–H groups in total. The zero-order valence-electron chi connectivity index (χ0n) is 20.9. The van der Waals surface area contributed by atoms with Crippen molar-refractivity contribution in [3.05, 3.63) is 22.8 Å². The number of aliphatic hydroxyl groups excluding tert-OH is 1. The van der Waals surface area contributed by atoms with E-state index in [0.29, 0.717) is 38.1 Å². The minimum atomic E-state index is -0.951. The standard InChI is InChI=1S/C24H32N8O3S/c1-15-18(14-30-4-6-32(7-5-30)23(34)16(2)33)36-20-19(15)28-21(17-12-26-24(25-3)27-13-17)29-22(20)31-8-10-35-11-9-31/h12-13,16,33H,4-11,14H2,1-3H3,(H,25,26,27)/t16-/m0/s1. The minimum Gasteiger partial charge on any atom is -0.384 e. The maximum Gasteiger partial charge on any atom is 0.251 e. The fourth-order valence-electron chi connectivity index (χ4n) is 4.55. The van der Waals surface area contributed by atoms with Crippen LogP contribution in [0.3, 0.4) is 0 Å². The molecule has 192 valence electrons. The van der Waals surface area contributed by atoms with E-state index in [4.69, 9.17) is 14.7 Å². The zero-order chi connectivity index (χ0) is 25.2. The number of anilines is 2. The molecule has 1 amide bonds. The third kappa shape index (κ3) is 4.99. The largest absolute Gasteiger partial charge is 0.384 e. The second kappa shape index (κ2) is 10.6. The first kappa shape index (κ1) is 24.8. The molecule has 2 aliphatic rings. The highest BCUT2D eigenvalue weighted by Crippen LogP contribution is 2.38. The molecule has 2 saturated heterocycles. The van der Waals surface area contributed by atoms with E-state index in [2.05, 4.69) is 32.0 Å². The number of aryl methyl sites for hydroxylation is 1. The molecule has 0 aromatic carbocycles. The highest BCUT2D eigenvalue weighted by Gasteiger charge is 2.26. The number of aromatic nitrogens is 4. The first-order valence-corrected chi connectivity index (χ1v) is 13.1. The highest BCUT2D eigenvalue weighted by molar-refractivity contribution is 7.19. The predicted molar refractivity (Wildman–Crippen MR) is 139 cm³/mol. The third-order valence-electron chi connectivity index (χ3n) is 6.70. The van der Waals surface area contributed by atoms with E-state index in [-0.39, 0.29) is 5.91 Å². The zero-order valence-corrected chi connectivity index (χ0v) is 21.7. The summed E-state index contributed by atoms with van der Waals surface area (Å²) in [5.41, 5.74) is 2.89. The van der Waals surface area contributed by atoms with Crippen molar-refractivity contribution in [2.45, 2.75) is 26.5 Å². The molecule has 11 nitrogen and oxygen atoms in total. The number of aliphatic hydroxyl groups is 1. The van der Waals surface area contributed by atoms with Gasteiger partial charge in [0.15, 0.2) is 11.6 Å². The van der Waals surface area contributed by atoms with Crippen molar-refractivity contribution in [3.8, 4) is 11.4 Å². The molecule has 12 heteroatoms. The molecule has 36 heavy (non-hydrogen) atoms. The van der Waals surface area contributed by atoms with Gasteiger partial charge in [0.2, 0.25) is 5.95 Å². The Labute approximate surface area is 214 Å². The summed E-state index contributed by atoms with van der Waals surface area (Å²) in [6.07, 6.45) is 2.55. The topological polar surface area (TPSA) is 120 Å². The number of hydrogen-bond donors (Lipinski definition) is 2. The smallest absolute Gasteiger partial charge is 0.251 e. The van der Waals surface area contributed by atoms with Crippen LogP contribution in [-0.2, 0) is 16.1 Å². The Kier molecular flexibility index (Phi) is 7.28. The molecule has 0 aliphatic carbocycles. The third-order valence-corrected chi connectivity index (χ3v) is 7.96. The number of rotatable bonds is 6. The van der Waals surface area contributed by atoms with E-state index in [9.17, 15) is 9.90 Å². The van der Waals surface area contributed by atoms with Crippen molar-refractivity contribution in [1.82, 2.24) is 29.7 Å². The average molecular weight is 513 g/mol. The summed E-state index contributed by atoms with van der Waals surface area (Å²) in [5, 5.41) is 12.6. The Bertz CT molecular complexity index is 1220. The normalized spacial score (nSPS) is 18.0. The summed E-state index contributed by atoms with van der Waals surface area (Å²) in [6.45, 7) is 10.2. The van der Waals surface area contributed by atoms with Gasteiger partial charge in [-0.05, 0) is 19.4 Å². The van der Waals surface area contributed by atoms with Crippen LogP contribution in [-0.4, -0.2) is 106 Å². The van der Waals surface area contributed by atoms with Gasteiger partial charge in [-0.15, -0.1) is 11.3 Å². The van der Waals surface area contributed by atoms with Gasteiger partial charge in [0, 0.05) is 70.1 Å². The molecule has 0 spiro atoms. The van der Waals surface area contributed by atoms with Gasteiger partial charge in [-0.2, -0.15) is 0 Å². The van der Waals surface area contributed by atoms with Gasteiger partial charge in [-0.3, -0.25) is 9.69 Å². The van der Waals surface area contributed by atoms with Gasteiger partial charge >= 0.3 is 0 Å². The number of carbonyl (C=O) groups excluding carboxylic acids is 1. The number of thiophene rings is 1. The Morgan fingerprint density at radius 2 is 1.83 bits per heavy atom. The maximum absolute atomic E-state index is 12.1. The highest BCUT2D eigenvalue weighted by atomic mass is 32.1. The minimum absolute atomic E-state index is 0.197. The van der Waals surface area contributed by atoms with Gasteiger partial charge < -0.3 is 25.0 Å². The molecule has 2 aliphatic heterocycles. The molecule has 0 bridgehead atoms. The van der Waals surface area contributed by atoms with E-state index in [1.54, 1.807) is 35.7 Å². The SMILES string of the molecule is CNc1ncc(-c2nc(N3CCOCC3)c3sc(CN4CCN(C(=O)[C@H](C)O)CC4)c(C)c3n2)cn1. The summed E-state index contributed by atoms with van der Waals surface area (Å²) in [6, 6.07) is 0. The van der Waals surface area contributed by atoms with Crippen LogP contribution in [0.25, 0.3) is 21.6 Å². The lowest BCUT2D eigenvalue weighted by Gasteiger charge is -2.35. The van der Waals surface area contributed by atoms with Crippen molar-refractivity contribution in [2.75, 3.05) is 69.7 Å². The number of fused-ring (bicyclic) bond motifs is 1. The lowest BCUT2D eigenvalue weighted by Crippen LogP contribution is -2.50. The second-order valence-corrected chi connectivity index (χ2v) is 10.2. The molecular formula is C24H32N8O3S. The number of nitrogens with zero attached hydrogens (tertiary/aromatic N) is 7. The van der Waals surface area contributed by atoms with Crippen LogP contribution in [0.4, 0.5) is 11.8 Å². The van der Waals surface area contributed by atoms with E-state index >= 15 is 0 Å². The summed E-state index contributed by atoms with van der Waals surface area (Å²) < 4.78 is 6.67. The van der Waals surface area contributed by atoms with Crippen LogP contribution >= 0.6 is 11.3 Å². The lowest BCUT2D eigenvalue weighted by atomic mass is 10.2. The number of morpholine rings is 1. The fraction of sp³-hybridized carbons (Fsp3) is 0.542. The number of piperazine rings is 1. The summed E-state index contributed by atoms with van der Waals surface area (Å²) in [4.78, 5) is 38.4. The van der Waals surface area contributed by atoms with Crippen molar-refractivity contribution >= 4 is 39.2 Å². The quantitative estimate of drug-likeness (QED) is 0.501. The molecule has 0 radical (unpaired) electrons. The van der Waals surface area contributed by atoms with E-state index in [1.807, 2.05) is 0 Å². The monoisotopic (exact) mass is 512 g/mol. The average Bonchev–Trinajstić information content (AvgIpc) is 3.23. The van der Waals surface area contributed by atoms with Crippen molar-refractivity contribution in [1.29, 1.82) is 0 Å². The molecule has 3 aromatic rings. The molecule has 0 saturated carbocycles. The Balaban J connectivity index is 1.45. The molecule has 1 atom stereocenters. The van der Waals surface area contributed by atoms with Crippen LogP contribution in [0.1, 0.15) is 17.4 Å². The number of hydrogen-bond acceptors (Lipinski definition) is 11. The number of ether oxygens (including phenoxy) is 1. The first-order valence-electron chi connectivity index (χ1n) is 12.3. The number of carbonyl (C=O) groups is 1. The fourth-order valence-corrected chi connectivity index (χ4v) is 5.86. The molecule has 0 unspecified atom stereocenters. The van der Waals surface area contributed by atoms with E-state index in [0.717, 1.165) is 59.9 Å². The van der Waals surface area contributed by atoms with Gasteiger partial charge in [0.1, 0.15) is 6.10 Å². The Morgan fingerprint density at radius 3 is 2.47 bits per heavy atom. The predicted octanol–water partition coefficient (Wildman–Crippen LogP) is 1.36. The maximum atomic E-state index is 12.1. The lowest BCUT2D eigenvalue weighted by molar-refractivity contribution is -0.141. The van der Waals surface area contributed by atoms with Crippen molar-refractivity contribution in [2.24, 2.45) is 0 Å². The van der Waals surface area contributed by atoms with Crippen LogP contribution in [0.5, 0.6) is 0 Å². The van der Waals surface area contributed by atoms with E-state index in [1.165, 1.54) is 11.8 Å². The van der Waals surface area contributed by atoms with E-state index < -0.39 is 6.10 Å². The van der Waals surface area contributed by atoms with Gasteiger partial charge in [-0.25, -0.2) is 19.9 Å². The van der Waals surface area contributed by atoms with Gasteiger partial charge in [0.25, 0.3) is 5.91 Å². The number of nitrogens with one attached hydrogen (secondary N) is 1. The molecule has 5 rings (SSSR count). The van der Waals surface area contributed by atoms with Crippen molar-refractivity contribution < 1.29 is 14.6 Å². The van der Waals surface area contributed by atoms with Crippen LogP contribution in [0.15, 0.2) is 12.4 Å². The number of amides is 1. The molecule has 2 fully saturated rings. The summed E-state index contributed by atoms with van der Waals surface area (Å²) in [7, 11) is 1.79. The van der Waals surface area contributed by atoms with Gasteiger partial charge in [-0.1, -0.05) is 0 Å².